The minimum absolute atomic E-state index is 0.647. The minimum atomic E-state index is -1.06. The maximum atomic E-state index is 11.8. The highest BCUT2D eigenvalue weighted by molar-refractivity contribution is 5.97. The highest BCUT2D eigenvalue weighted by Gasteiger charge is 2.18. The topological polar surface area (TPSA) is 87.7 Å². The van der Waals surface area contributed by atoms with Crippen LogP contribution in [-0.2, 0) is 14.3 Å². The zero-order valence-electron chi connectivity index (χ0n) is 15.9. The maximum Gasteiger partial charge on any atom is 0.331 e. The van der Waals surface area contributed by atoms with Gasteiger partial charge in [0.05, 0.1) is 0 Å². The summed E-state index contributed by atoms with van der Waals surface area (Å²) in [6, 6.07) is 7.35. The van der Waals surface area contributed by atoms with Crippen LogP contribution in [0, 0.1) is 0 Å². The second kappa shape index (κ2) is 10.4. The zero-order valence-corrected chi connectivity index (χ0v) is 15.9. The van der Waals surface area contributed by atoms with Crippen molar-refractivity contribution in [3.05, 3.63) is 35.9 Å². The van der Waals surface area contributed by atoms with Gasteiger partial charge in [-0.15, -0.1) is 0 Å². The summed E-state index contributed by atoms with van der Waals surface area (Å²) in [4.78, 5) is 37.0. The molecule has 1 fully saturated rings. The maximum absolute atomic E-state index is 11.8. The van der Waals surface area contributed by atoms with Gasteiger partial charge in [0.15, 0.2) is 6.10 Å². The third-order valence-electron chi connectivity index (χ3n) is 4.40. The molecule has 2 N–H and O–H groups in total. The SMILES string of the molecule is CNC(=O)NC(=O)[C@H](C)OC(=O)/C=C/c1ccc(N2CCCCCC2)cc1. The van der Waals surface area contributed by atoms with Crippen LogP contribution in [0.3, 0.4) is 0 Å². The van der Waals surface area contributed by atoms with E-state index in [-0.39, 0.29) is 0 Å². The first-order chi connectivity index (χ1) is 13.0. The van der Waals surface area contributed by atoms with Gasteiger partial charge in [-0.25, -0.2) is 9.59 Å². The molecule has 3 amide bonds. The Labute approximate surface area is 159 Å². The van der Waals surface area contributed by atoms with Crippen LogP contribution in [0.4, 0.5) is 10.5 Å². The second-order valence-corrected chi connectivity index (χ2v) is 6.47. The first kappa shape index (κ1) is 20.5. The summed E-state index contributed by atoms with van der Waals surface area (Å²) >= 11 is 0. The molecule has 2 rings (SSSR count). The van der Waals surface area contributed by atoms with Crippen LogP contribution in [0.25, 0.3) is 6.08 Å². The fraction of sp³-hybridized carbons (Fsp3) is 0.450. The van der Waals surface area contributed by atoms with Crippen LogP contribution in [0.15, 0.2) is 30.3 Å². The smallest absolute Gasteiger partial charge is 0.331 e. The van der Waals surface area contributed by atoms with E-state index < -0.39 is 24.0 Å². The molecule has 0 aliphatic carbocycles. The number of anilines is 1. The number of rotatable bonds is 5. The van der Waals surface area contributed by atoms with Crippen LogP contribution in [0.5, 0.6) is 0 Å². The van der Waals surface area contributed by atoms with E-state index in [1.54, 1.807) is 6.08 Å². The van der Waals surface area contributed by atoms with E-state index in [1.807, 2.05) is 12.1 Å². The van der Waals surface area contributed by atoms with E-state index in [0.717, 1.165) is 18.7 Å². The minimum Gasteiger partial charge on any atom is -0.449 e. The van der Waals surface area contributed by atoms with Gasteiger partial charge in [0.25, 0.3) is 5.91 Å². The van der Waals surface area contributed by atoms with E-state index in [4.69, 9.17) is 4.74 Å². The largest absolute Gasteiger partial charge is 0.449 e. The third kappa shape index (κ3) is 6.77. The Hall–Kier alpha value is -2.83. The van der Waals surface area contributed by atoms with Crippen LogP contribution >= 0.6 is 0 Å². The molecular weight excluding hydrogens is 346 g/mol. The lowest BCUT2D eigenvalue weighted by Gasteiger charge is -2.22. The van der Waals surface area contributed by atoms with Gasteiger partial charge in [-0.2, -0.15) is 0 Å². The Morgan fingerprint density at radius 1 is 1.07 bits per heavy atom. The molecule has 146 valence electrons. The molecule has 0 spiro atoms. The van der Waals surface area contributed by atoms with Gasteiger partial charge in [0.2, 0.25) is 0 Å². The van der Waals surface area contributed by atoms with Crippen LogP contribution in [0.2, 0.25) is 0 Å². The van der Waals surface area contributed by atoms with Gasteiger partial charge in [-0.3, -0.25) is 10.1 Å². The van der Waals surface area contributed by atoms with Crippen molar-refractivity contribution in [3.8, 4) is 0 Å². The van der Waals surface area contributed by atoms with Crippen molar-refractivity contribution in [2.45, 2.75) is 38.7 Å². The molecule has 7 heteroatoms. The highest BCUT2D eigenvalue weighted by Crippen LogP contribution is 2.20. The average Bonchev–Trinajstić information content (AvgIpc) is 2.96. The van der Waals surface area contributed by atoms with E-state index in [1.165, 1.54) is 51.4 Å². The normalized spacial score (nSPS) is 15.7. The predicted octanol–water partition coefficient (Wildman–Crippen LogP) is 2.47. The predicted molar refractivity (Wildman–Crippen MR) is 104 cm³/mol. The molecule has 0 aromatic heterocycles. The van der Waals surface area contributed by atoms with Crippen molar-refractivity contribution in [3.63, 3.8) is 0 Å². The lowest BCUT2D eigenvalue weighted by atomic mass is 10.1. The summed E-state index contributed by atoms with van der Waals surface area (Å²) in [7, 11) is 1.39. The van der Waals surface area contributed by atoms with E-state index >= 15 is 0 Å². The summed E-state index contributed by atoms with van der Waals surface area (Å²) in [5.41, 5.74) is 2.06. The molecule has 0 unspecified atom stereocenters. The number of nitrogens with one attached hydrogen (secondary N) is 2. The molecule has 1 aromatic rings. The Morgan fingerprint density at radius 3 is 2.30 bits per heavy atom. The summed E-state index contributed by atoms with van der Waals surface area (Å²) in [6.45, 7) is 3.56. The Morgan fingerprint density at radius 2 is 1.70 bits per heavy atom. The molecule has 7 nitrogen and oxygen atoms in total. The van der Waals surface area contributed by atoms with Crippen LogP contribution in [0.1, 0.15) is 38.2 Å². The lowest BCUT2D eigenvalue weighted by molar-refractivity contribution is -0.149. The second-order valence-electron chi connectivity index (χ2n) is 6.47. The van der Waals surface area contributed by atoms with Gasteiger partial charge < -0.3 is 15.0 Å². The molecule has 1 saturated heterocycles. The average molecular weight is 373 g/mol. The molecule has 27 heavy (non-hydrogen) atoms. The molecule has 1 atom stereocenters. The Kier molecular flexibility index (Phi) is 7.85. The van der Waals surface area contributed by atoms with Gasteiger partial charge in [-0.1, -0.05) is 25.0 Å². The number of hydrogen-bond acceptors (Lipinski definition) is 5. The standard InChI is InChI=1S/C20H27N3O4/c1-15(19(25)22-20(26)21-2)27-18(24)12-9-16-7-10-17(11-8-16)23-13-5-3-4-6-14-23/h7-12,15H,3-6,13-14H2,1-2H3,(H2,21,22,25,26)/b12-9+/t15-/m0/s1. The summed E-state index contributed by atoms with van der Waals surface area (Å²) < 4.78 is 4.99. The molecule has 1 aliphatic heterocycles. The first-order valence-electron chi connectivity index (χ1n) is 9.26. The molecule has 0 radical (unpaired) electrons. The fourth-order valence-corrected chi connectivity index (χ4v) is 2.83. The number of ether oxygens (including phenoxy) is 1. The molecule has 1 aromatic carbocycles. The number of urea groups is 1. The van der Waals surface area contributed by atoms with E-state index in [0.29, 0.717) is 0 Å². The number of carbonyl (C=O) groups excluding carboxylic acids is 3. The number of carbonyl (C=O) groups is 3. The Balaban J connectivity index is 1.86. The van der Waals surface area contributed by atoms with Gasteiger partial charge in [0, 0.05) is 31.9 Å². The van der Waals surface area contributed by atoms with Gasteiger partial charge in [0.1, 0.15) is 0 Å². The quantitative estimate of drug-likeness (QED) is 0.611. The van der Waals surface area contributed by atoms with Crippen LogP contribution < -0.4 is 15.5 Å². The van der Waals surface area contributed by atoms with Crippen molar-refractivity contribution in [2.75, 3.05) is 25.0 Å². The summed E-state index contributed by atoms with van der Waals surface area (Å²) in [5.74, 6) is -1.33. The lowest BCUT2D eigenvalue weighted by Crippen LogP contribution is -2.43. The zero-order chi connectivity index (χ0) is 19.6. The number of benzene rings is 1. The summed E-state index contributed by atoms with van der Waals surface area (Å²) in [5, 5.41) is 4.31. The number of imide groups is 1. The third-order valence-corrected chi connectivity index (χ3v) is 4.40. The van der Waals surface area contributed by atoms with Crippen molar-refractivity contribution >= 4 is 29.7 Å². The number of hydrogen-bond donors (Lipinski definition) is 2. The first-order valence-corrected chi connectivity index (χ1v) is 9.26. The Bertz CT molecular complexity index is 677. The van der Waals surface area contributed by atoms with Crippen molar-refractivity contribution in [2.24, 2.45) is 0 Å². The molecule has 0 saturated carbocycles. The monoisotopic (exact) mass is 373 g/mol. The van der Waals surface area contributed by atoms with E-state index in [9.17, 15) is 14.4 Å². The number of amides is 3. The molecule has 0 bridgehead atoms. The summed E-state index contributed by atoms with van der Waals surface area (Å²) in [6.07, 6.45) is 6.86. The highest BCUT2D eigenvalue weighted by atomic mass is 16.5. The van der Waals surface area contributed by atoms with Crippen molar-refractivity contribution < 1.29 is 19.1 Å². The van der Waals surface area contributed by atoms with Gasteiger partial charge >= 0.3 is 12.0 Å². The molecule has 1 aliphatic rings. The molecular formula is C20H27N3O4. The number of nitrogens with zero attached hydrogens (tertiary/aromatic N) is 1. The van der Waals surface area contributed by atoms with E-state index in [2.05, 4.69) is 27.7 Å². The van der Waals surface area contributed by atoms with Crippen LogP contribution in [-0.4, -0.2) is 44.1 Å². The molecule has 1 heterocycles. The van der Waals surface area contributed by atoms with Crippen molar-refractivity contribution in [1.29, 1.82) is 0 Å². The fourth-order valence-electron chi connectivity index (χ4n) is 2.83. The van der Waals surface area contributed by atoms with Crippen molar-refractivity contribution in [1.82, 2.24) is 10.6 Å². The van der Waals surface area contributed by atoms with Gasteiger partial charge in [-0.05, 0) is 43.5 Å². The number of esters is 1.